The first-order valence-corrected chi connectivity index (χ1v) is 12.6. The third kappa shape index (κ3) is 5.42. The molecule has 0 bridgehead atoms. The molecule has 2 aliphatic rings. The molecule has 1 N–H and O–H groups in total. The van der Waals surface area contributed by atoms with Crippen LogP contribution in [-0.4, -0.2) is 60.7 Å². The number of imide groups is 1. The molecule has 0 unspecified atom stereocenters. The molecular weight excluding hydrogens is 430 g/mol. The first-order chi connectivity index (χ1) is 15.4. The highest BCUT2D eigenvalue weighted by molar-refractivity contribution is 7.92. The van der Waals surface area contributed by atoms with E-state index < -0.39 is 10.0 Å². The quantitative estimate of drug-likeness (QED) is 0.635. The Labute approximate surface area is 187 Å². The van der Waals surface area contributed by atoms with E-state index in [4.69, 9.17) is 0 Å². The van der Waals surface area contributed by atoms with Gasteiger partial charge in [-0.25, -0.2) is 8.42 Å². The third-order valence-corrected chi connectivity index (χ3v) is 7.02. The molecule has 2 saturated heterocycles. The Kier molecular flexibility index (Phi) is 6.69. The van der Waals surface area contributed by atoms with Gasteiger partial charge in [-0.3, -0.25) is 19.2 Å². The van der Waals surface area contributed by atoms with Gasteiger partial charge in [0.05, 0.1) is 11.4 Å². The molecule has 0 atom stereocenters. The van der Waals surface area contributed by atoms with Gasteiger partial charge in [0, 0.05) is 43.7 Å². The van der Waals surface area contributed by atoms with Crippen molar-refractivity contribution in [2.24, 2.45) is 0 Å². The molecule has 32 heavy (non-hydrogen) atoms. The summed E-state index contributed by atoms with van der Waals surface area (Å²) in [5.74, 6) is -0.0831. The van der Waals surface area contributed by atoms with E-state index >= 15 is 0 Å². The van der Waals surface area contributed by atoms with Crippen LogP contribution in [0.3, 0.4) is 0 Å². The number of aromatic nitrogens is 2. The highest BCUT2D eigenvalue weighted by Crippen LogP contribution is 2.23. The smallest absolute Gasteiger partial charge is 0.234 e. The summed E-state index contributed by atoms with van der Waals surface area (Å²) >= 11 is 0. The first-order valence-electron chi connectivity index (χ1n) is 10.9. The van der Waals surface area contributed by atoms with Crippen molar-refractivity contribution in [1.29, 1.82) is 0 Å². The molecule has 2 fully saturated rings. The highest BCUT2D eigenvalue weighted by atomic mass is 32.2. The van der Waals surface area contributed by atoms with Gasteiger partial charge in [-0.1, -0.05) is 12.1 Å². The number of nitrogens with zero attached hydrogens (tertiary/aromatic N) is 4. The molecule has 1 aromatic heterocycles. The van der Waals surface area contributed by atoms with E-state index in [0.717, 1.165) is 29.4 Å². The molecule has 0 aliphatic carbocycles. The predicted octanol–water partition coefficient (Wildman–Crippen LogP) is 2.41. The number of carbonyl (C=O) groups is 2. The minimum atomic E-state index is -3.71. The minimum Gasteiger partial charge on any atom is -0.355 e. The topological polar surface area (TPSA) is 113 Å². The van der Waals surface area contributed by atoms with Gasteiger partial charge in [0.1, 0.15) is 0 Å². The molecule has 0 radical (unpaired) electrons. The molecule has 1 aromatic carbocycles. The number of amides is 2. The number of likely N-dealkylation sites (tertiary alicyclic amines) is 1. The van der Waals surface area contributed by atoms with Crippen molar-refractivity contribution in [2.75, 3.05) is 35.0 Å². The number of sulfonamides is 1. The maximum absolute atomic E-state index is 12.4. The molecule has 0 saturated carbocycles. The van der Waals surface area contributed by atoms with Crippen LogP contribution in [0.2, 0.25) is 0 Å². The van der Waals surface area contributed by atoms with E-state index in [1.165, 1.54) is 19.3 Å². The summed E-state index contributed by atoms with van der Waals surface area (Å²) in [5, 5.41) is 8.67. The Morgan fingerprint density at radius 2 is 1.53 bits per heavy atom. The zero-order valence-corrected chi connectivity index (χ0v) is 18.7. The van der Waals surface area contributed by atoms with E-state index in [0.29, 0.717) is 17.8 Å². The summed E-state index contributed by atoms with van der Waals surface area (Å²) in [5.41, 5.74) is 1.94. The van der Waals surface area contributed by atoms with Crippen LogP contribution in [0.4, 0.5) is 11.5 Å². The summed E-state index contributed by atoms with van der Waals surface area (Å²) in [6.07, 6.45) is 4.69. The van der Waals surface area contributed by atoms with Crippen molar-refractivity contribution in [2.45, 2.75) is 38.5 Å². The van der Waals surface area contributed by atoms with Gasteiger partial charge >= 0.3 is 0 Å². The number of benzene rings is 1. The summed E-state index contributed by atoms with van der Waals surface area (Å²) in [7, 11) is -3.71. The Hall–Kier alpha value is -3.01. The zero-order valence-electron chi connectivity index (χ0n) is 17.9. The second kappa shape index (κ2) is 9.64. The zero-order chi connectivity index (χ0) is 22.6. The van der Waals surface area contributed by atoms with Gasteiger partial charge in [0.15, 0.2) is 5.82 Å². The first kappa shape index (κ1) is 22.2. The lowest BCUT2D eigenvalue weighted by Gasteiger charge is -2.27. The van der Waals surface area contributed by atoms with Crippen molar-refractivity contribution < 1.29 is 18.0 Å². The van der Waals surface area contributed by atoms with Gasteiger partial charge in [0.25, 0.3) is 0 Å². The van der Waals surface area contributed by atoms with Crippen molar-refractivity contribution in [1.82, 2.24) is 15.1 Å². The number of piperidine rings is 2. The van der Waals surface area contributed by atoms with Gasteiger partial charge in [-0.05, 0) is 49.9 Å². The minimum absolute atomic E-state index is 0.135. The fraction of sp³-hybridized carbons (Fsp3) is 0.455. The second-order valence-electron chi connectivity index (χ2n) is 8.12. The van der Waals surface area contributed by atoms with Crippen LogP contribution in [0.5, 0.6) is 0 Å². The van der Waals surface area contributed by atoms with Crippen LogP contribution in [0.15, 0.2) is 36.4 Å². The van der Waals surface area contributed by atoms with Crippen LogP contribution in [0.1, 0.15) is 38.5 Å². The van der Waals surface area contributed by atoms with E-state index in [1.807, 2.05) is 12.1 Å². The van der Waals surface area contributed by atoms with Crippen LogP contribution >= 0.6 is 0 Å². The standard InChI is InChI=1S/C22H27N5O4S/c28-21-5-4-6-22(29)27(21)15-16-32(30,31)25-18-9-7-17(8-10-18)19-11-12-20(24-23-19)26-13-2-1-3-14-26/h7-12,25H,1-6,13-16H2. The number of rotatable bonds is 7. The number of carbonyl (C=O) groups excluding carboxylic acids is 2. The van der Waals surface area contributed by atoms with Crippen molar-refractivity contribution in [3.63, 3.8) is 0 Å². The summed E-state index contributed by atoms with van der Waals surface area (Å²) in [4.78, 5) is 27.0. The normalized spacial score (nSPS) is 17.5. The molecule has 0 spiro atoms. The largest absolute Gasteiger partial charge is 0.355 e. The van der Waals surface area contributed by atoms with Gasteiger partial charge in [0.2, 0.25) is 21.8 Å². The molecule has 2 amide bonds. The lowest BCUT2D eigenvalue weighted by Crippen LogP contribution is -2.43. The summed E-state index contributed by atoms with van der Waals surface area (Å²) in [6.45, 7) is 1.87. The maximum Gasteiger partial charge on any atom is 0.234 e. The molecule has 3 heterocycles. The molecular formula is C22H27N5O4S. The molecule has 170 valence electrons. The summed E-state index contributed by atoms with van der Waals surface area (Å²) < 4.78 is 27.3. The average Bonchev–Trinajstić information content (AvgIpc) is 2.80. The van der Waals surface area contributed by atoms with Crippen molar-refractivity contribution in [3.8, 4) is 11.3 Å². The Morgan fingerprint density at radius 1 is 0.844 bits per heavy atom. The lowest BCUT2D eigenvalue weighted by molar-refractivity contribution is -0.147. The van der Waals surface area contributed by atoms with E-state index in [-0.39, 0.29) is 37.0 Å². The molecule has 4 rings (SSSR count). The fourth-order valence-electron chi connectivity index (χ4n) is 3.97. The molecule has 2 aliphatic heterocycles. The molecule has 10 heteroatoms. The molecule has 2 aromatic rings. The monoisotopic (exact) mass is 457 g/mol. The highest BCUT2D eigenvalue weighted by Gasteiger charge is 2.27. The van der Waals surface area contributed by atoms with Crippen LogP contribution < -0.4 is 9.62 Å². The Morgan fingerprint density at radius 3 is 2.16 bits per heavy atom. The average molecular weight is 458 g/mol. The van der Waals surface area contributed by atoms with Crippen molar-refractivity contribution in [3.05, 3.63) is 36.4 Å². The van der Waals surface area contributed by atoms with Crippen LogP contribution in [-0.2, 0) is 19.6 Å². The van der Waals surface area contributed by atoms with Gasteiger partial charge < -0.3 is 4.90 Å². The SMILES string of the molecule is O=C1CCCC(=O)N1CCS(=O)(=O)Nc1ccc(-c2ccc(N3CCCCC3)nn2)cc1. The van der Waals surface area contributed by atoms with E-state index in [1.54, 1.807) is 24.3 Å². The lowest BCUT2D eigenvalue weighted by atomic mass is 10.1. The number of anilines is 2. The maximum atomic E-state index is 12.4. The van der Waals surface area contributed by atoms with Crippen LogP contribution in [0, 0.1) is 0 Å². The van der Waals surface area contributed by atoms with E-state index in [2.05, 4.69) is 19.8 Å². The van der Waals surface area contributed by atoms with Crippen molar-refractivity contribution >= 4 is 33.3 Å². The van der Waals surface area contributed by atoms with E-state index in [9.17, 15) is 18.0 Å². The number of nitrogens with one attached hydrogen (secondary N) is 1. The Balaban J connectivity index is 1.35. The predicted molar refractivity (Wildman–Crippen MR) is 122 cm³/mol. The van der Waals surface area contributed by atoms with Gasteiger partial charge in [-0.15, -0.1) is 10.2 Å². The number of hydrogen-bond acceptors (Lipinski definition) is 7. The van der Waals surface area contributed by atoms with Gasteiger partial charge in [-0.2, -0.15) is 0 Å². The third-order valence-electron chi connectivity index (χ3n) is 5.75. The fourth-order valence-corrected chi connectivity index (χ4v) is 4.99. The Bertz CT molecular complexity index is 1050. The molecule has 9 nitrogen and oxygen atoms in total. The number of hydrogen-bond donors (Lipinski definition) is 1. The van der Waals surface area contributed by atoms with Crippen LogP contribution in [0.25, 0.3) is 11.3 Å². The summed E-state index contributed by atoms with van der Waals surface area (Å²) in [6, 6.07) is 10.8. The second-order valence-corrected chi connectivity index (χ2v) is 9.96.